The largest absolute Gasteiger partial charge is 0.385 e. The lowest BCUT2D eigenvalue weighted by Gasteiger charge is -2.37. The van der Waals surface area contributed by atoms with Crippen LogP contribution in [-0.2, 0) is 5.60 Å². The molecule has 2 N–H and O–H groups in total. The summed E-state index contributed by atoms with van der Waals surface area (Å²) in [5.74, 6) is 0. The highest BCUT2D eigenvalue weighted by atomic mass is 16.3. The van der Waals surface area contributed by atoms with Gasteiger partial charge in [0.2, 0.25) is 0 Å². The van der Waals surface area contributed by atoms with Crippen LogP contribution in [0.5, 0.6) is 0 Å². The Hall–Kier alpha value is -0.860. The van der Waals surface area contributed by atoms with Gasteiger partial charge in [0.1, 0.15) is 0 Å². The molecule has 2 saturated heterocycles. The van der Waals surface area contributed by atoms with E-state index in [4.69, 9.17) is 0 Å². The third-order valence-electron chi connectivity index (χ3n) is 3.81. The number of hydrogen-bond donors (Lipinski definition) is 2. The van der Waals surface area contributed by atoms with E-state index in [9.17, 15) is 5.11 Å². The van der Waals surface area contributed by atoms with Gasteiger partial charge < -0.3 is 10.4 Å². The molecule has 0 aliphatic carbocycles. The maximum absolute atomic E-state index is 10.7. The van der Waals surface area contributed by atoms with Crippen LogP contribution in [0.15, 0.2) is 30.3 Å². The second-order valence-corrected chi connectivity index (χ2v) is 4.94. The van der Waals surface area contributed by atoms with Gasteiger partial charge in [-0.25, -0.2) is 0 Å². The molecule has 2 fully saturated rings. The molecule has 2 nitrogen and oxygen atoms in total. The van der Waals surface area contributed by atoms with Crippen molar-refractivity contribution in [2.75, 3.05) is 0 Å². The lowest BCUT2D eigenvalue weighted by Crippen LogP contribution is -2.46. The number of piperidine rings is 1. The Labute approximate surface area is 90.3 Å². The van der Waals surface area contributed by atoms with Gasteiger partial charge in [0, 0.05) is 12.1 Å². The van der Waals surface area contributed by atoms with Crippen molar-refractivity contribution in [1.82, 2.24) is 5.32 Å². The van der Waals surface area contributed by atoms with Gasteiger partial charge in [-0.1, -0.05) is 30.3 Å². The van der Waals surface area contributed by atoms with Crippen LogP contribution in [0.1, 0.15) is 31.2 Å². The molecular weight excluding hydrogens is 186 g/mol. The first kappa shape index (κ1) is 9.37. The molecule has 0 spiro atoms. The summed E-state index contributed by atoms with van der Waals surface area (Å²) in [5.41, 5.74) is 0.502. The molecular formula is C13H17NO. The molecule has 3 atom stereocenters. The van der Waals surface area contributed by atoms with Crippen molar-refractivity contribution in [2.45, 2.75) is 43.4 Å². The Balaban J connectivity index is 1.91. The molecule has 2 aliphatic heterocycles. The fourth-order valence-corrected chi connectivity index (χ4v) is 3.11. The van der Waals surface area contributed by atoms with Crippen LogP contribution in [0.2, 0.25) is 0 Å². The first-order valence-corrected chi connectivity index (χ1v) is 5.80. The average Bonchev–Trinajstić information content (AvgIpc) is 2.60. The standard InChI is InChI=1S/C13H17NO/c15-13(10-4-2-1-3-5-10)8-11-6-7-12(9-13)14-11/h1-5,11-12,14-15H,6-9H2/t11-,12+,13?. The summed E-state index contributed by atoms with van der Waals surface area (Å²) in [6.45, 7) is 0. The summed E-state index contributed by atoms with van der Waals surface area (Å²) in [6, 6.07) is 11.2. The van der Waals surface area contributed by atoms with Crippen molar-refractivity contribution < 1.29 is 5.11 Å². The van der Waals surface area contributed by atoms with Gasteiger partial charge in [0.25, 0.3) is 0 Å². The fourth-order valence-electron chi connectivity index (χ4n) is 3.11. The molecule has 1 unspecified atom stereocenters. The Morgan fingerprint density at radius 1 is 1.07 bits per heavy atom. The molecule has 2 bridgehead atoms. The van der Waals surface area contributed by atoms with E-state index in [0.717, 1.165) is 18.4 Å². The van der Waals surface area contributed by atoms with Crippen LogP contribution in [0.3, 0.4) is 0 Å². The molecule has 0 radical (unpaired) electrons. The smallest absolute Gasteiger partial charge is 0.0926 e. The van der Waals surface area contributed by atoms with Gasteiger partial charge in [-0.05, 0) is 31.2 Å². The van der Waals surface area contributed by atoms with Crippen LogP contribution >= 0.6 is 0 Å². The van der Waals surface area contributed by atoms with Gasteiger partial charge in [0.05, 0.1) is 5.60 Å². The molecule has 1 aromatic carbocycles. The van der Waals surface area contributed by atoms with Crippen molar-refractivity contribution in [2.24, 2.45) is 0 Å². The first-order valence-electron chi connectivity index (χ1n) is 5.80. The summed E-state index contributed by atoms with van der Waals surface area (Å²) in [5, 5.41) is 14.2. The van der Waals surface area contributed by atoms with Crippen LogP contribution in [-0.4, -0.2) is 17.2 Å². The third-order valence-corrected chi connectivity index (χ3v) is 3.81. The summed E-state index contributed by atoms with van der Waals surface area (Å²) < 4.78 is 0. The molecule has 0 saturated carbocycles. The zero-order valence-electron chi connectivity index (χ0n) is 8.82. The van der Waals surface area contributed by atoms with Crippen molar-refractivity contribution in [3.8, 4) is 0 Å². The van der Waals surface area contributed by atoms with Crippen LogP contribution in [0.4, 0.5) is 0 Å². The monoisotopic (exact) mass is 203 g/mol. The van der Waals surface area contributed by atoms with E-state index in [1.165, 1.54) is 12.8 Å². The molecule has 2 aliphatic rings. The second-order valence-electron chi connectivity index (χ2n) is 4.94. The minimum Gasteiger partial charge on any atom is -0.385 e. The Kier molecular flexibility index (Phi) is 2.08. The highest BCUT2D eigenvalue weighted by Gasteiger charge is 2.43. The maximum atomic E-state index is 10.7. The molecule has 0 aromatic heterocycles. The highest BCUT2D eigenvalue weighted by molar-refractivity contribution is 5.24. The molecule has 2 heteroatoms. The third kappa shape index (κ3) is 1.58. The fraction of sp³-hybridized carbons (Fsp3) is 0.538. The number of benzene rings is 1. The summed E-state index contributed by atoms with van der Waals surface area (Å²) in [4.78, 5) is 0. The average molecular weight is 203 g/mol. The summed E-state index contributed by atoms with van der Waals surface area (Å²) >= 11 is 0. The van der Waals surface area contributed by atoms with Crippen LogP contribution in [0, 0.1) is 0 Å². The molecule has 2 heterocycles. The van der Waals surface area contributed by atoms with E-state index in [-0.39, 0.29) is 0 Å². The first-order chi connectivity index (χ1) is 7.26. The van der Waals surface area contributed by atoms with E-state index in [2.05, 4.69) is 5.32 Å². The number of rotatable bonds is 1. The number of aliphatic hydroxyl groups is 1. The minimum absolute atomic E-state index is 0.522. The Morgan fingerprint density at radius 3 is 2.27 bits per heavy atom. The van der Waals surface area contributed by atoms with E-state index in [1.807, 2.05) is 30.3 Å². The maximum Gasteiger partial charge on any atom is 0.0926 e. The molecule has 1 aromatic rings. The number of fused-ring (bicyclic) bond motifs is 2. The van der Waals surface area contributed by atoms with Crippen LogP contribution in [0.25, 0.3) is 0 Å². The van der Waals surface area contributed by atoms with E-state index in [1.54, 1.807) is 0 Å². The summed E-state index contributed by atoms with van der Waals surface area (Å²) in [7, 11) is 0. The minimum atomic E-state index is -0.585. The van der Waals surface area contributed by atoms with Crippen molar-refractivity contribution in [1.29, 1.82) is 0 Å². The Bertz CT molecular complexity index is 337. The SMILES string of the molecule is OC1(c2ccccc2)C[C@H]2CC[C@@H](C1)N2. The second kappa shape index (κ2) is 3.32. The van der Waals surface area contributed by atoms with Gasteiger partial charge in [-0.15, -0.1) is 0 Å². The van der Waals surface area contributed by atoms with Crippen molar-refractivity contribution in [3.05, 3.63) is 35.9 Å². The number of hydrogen-bond acceptors (Lipinski definition) is 2. The molecule has 80 valence electrons. The lowest BCUT2D eigenvalue weighted by molar-refractivity contribution is -0.0114. The highest BCUT2D eigenvalue weighted by Crippen LogP contribution is 2.40. The molecule has 3 rings (SSSR count). The topological polar surface area (TPSA) is 32.3 Å². The van der Waals surface area contributed by atoms with E-state index in [0.29, 0.717) is 12.1 Å². The predicted molar refractivity (Wildman–Crippen MR) is 59.5 cm³/mol. The van der Waals surface area contributed by atoms with Crippen LogP contribution < -0.4 is 5.32 Å². The van der Waals surface area contributed by atoms with E-state index >= 15 is 0 Å². The van der Waals surface area contributed by atoms with Crippen molar-refractivity contribution in [3.63, 3.8) is 0 Å². The zero-order valence-corrected chi connectivity index (χ0v) is 8.82. The van der Waals surface area contributed by atoms with Gasteiger partial charge in [-0.2, -0.15) is 0 Å². The van der Waals surface area contributed by atoms with Gasteiger partial charge >= 0.3 is 0 Å². The lowest BCUT2D eigenvalue weighted by atomic mass is 9.81. The van der Waals surface area contributed by atoms with Crippen molar-refractivity contribution >= 4 is 0 Å². The molecule has 0 amide bonds. The summed E-state index contributed by atoms with van der Waals surface area (Å²) in [6.07, 6.45) is 4.18. The Morgan fingerprint density at radius 2 is 1.67 bits per heavy atom. The normalized spacial score (nSPS) is 39.3. The quantitative estimate of drug-likeness (QED) is 0.729. The molecule has 15 heavy (non-hydrogen) atoms. The zero-order chi connectivity index (χ0) is 10.3. The predicted octanol–water partition coefficient (Wildman–Crippen LogP) is 1.79. The van der Waals surface area contributed by atoms with Gasteiger partial charge in [-0.3, -0.25) is 0 Å². The number of nitrogens with one attached hydrogen (secondary N) is 1. The van der Waals surface area contributed by atoms with Gasteiger partial charge in [0.15, 0.2) is 0 Å². The van der Waals surface area contributed by atoms with E-state index < -0.39 is 5.60 Å².